The number of aldehydes is 1. The number of hydrogen-bond donors (Lipinski definition) is 1. The third-order valence-corrected chi connectivity index (χ3v) is 1.43. The minimum atomic E-state index is -0.167. The van der Waals surface area contributed by atoms with Crippen molar-refractivity contribution in [2.75, 3.05) is 5.32 Å². The summed E-state index contributed by atoms with van der Waals surface area (Å²) in [4.78, 5) is 24.9. The summed E-state index contributed by atoms with van der Waals surface area (Å²) in [7, 11) is 0. The number of hydrogen-bond acceptors (Lipinski definition) is 3. The molecule has 1 amide bonds. The van der Waals surface area contributed by atoms with E-state index in [1.165, 1.54) is 0 Å². The van der Waals surface area contributed by atoms with Crippen LogP contribution in [0.1, 0.15) is 12.8 Å². The number of aromatic nitrogens is 1. The van der Waals surface area contributed by atoms with Crippen LogP contribution in [0, 0.1) is 0 Å². The van der Waals surface area contributed by atoms with Gasteiger partial charge < -0.3 is 10.1 Å². The van der Waals surface area contributed by atoms with Gasteiger partial charge in [-0.05, 0) is 12.1 Å². The lowest BCUT2D eigenvalue weighted by Crippen LogP contribution is -2.11. The molecule has 0 spiro atoms. The Bertz CT molecular complexity index is 285. The molecular formula is C9H10N2O2. The molecule has 0 unspecified atom stereocenters. The molecule has 0 radical (unpaired) electrons. The molecule has 1 aromatic rings. The summed E-state index contributed by atoms with van der Waals surface area (Å²) in [5, 5.41) is 2.62. The van der Waals surface area contributed by atoms with Crippen molar-refractivity contribution in [2.24, 2.45) is 0 Å². The summed E-state index contributed by atoms with van der Waals surface area (Å²) in [6, 6.07) is 3.47. The highest BCUT2D eigenvalue weighted by Crippen LogP contribution is 2.03. The van der Waals surface area contributed by atoms with E-state index in [4.69, 9.17) is 0 Å². The lowest BCUT2D eigenvalue weighted by atomic mass is 10.3. The van der Waals surface area contributed by atoms with E-state index in [0.717, 1.165) is 6.29 Å². The number of carbonyl (C=O) groups is 2. The average molecular weight is 178 g/mol. The van der Waals surface area contributed by atoms with Crippen LogP contribution < -0.4 is 5.32 Å². The van der Waals surface area contributed by atoms with Crippen LogP contribution >= 0.6 is 0 Å². The highest BCUT2D eigenvalue weighted by Gasteiger charge is 2.00. The average Bonchev–Trinajstić information content (AvgIpc) is 2.16. The van der Waals surface area contributed by atoms with Crippen LogP contribution in [-0.4, -0.2) is 17.2 Å². The van der Waals surface area contributed by atoms with Crippen LogP contribution in [0.3, 0.4) is 0 Å². The zero-order valence-corrected chi connectivity index (χ0v) is 7.06. The van der Waals surface area contributed by atoms with E-state index in [1.54, 1.807) is 24.5 Å². The molecule has 0 saturated heterocycles. The van der Waals surface area contributed by atoms with Crippen molar-refractivity contribution in [3.05, 3.63) is 24.5 Å². The number of anilines is 1. The predicted octanol–water partition coefficient (Wildman–Crippen LogP) is 0.999. The van der Waals surface area contributed by atoms with Crippen LogP contribution in [0.15, 0.2) is 24.5 Å². The van der Waals surface area contributed by atoms with Gasteiger partial charge in [0.15, 0.2) is 0 Å². The van der Waals surface area contributed by atoms with Gasteiger partial charge in [-0.25, -0.2) is 0 Å². The Morgan fingerprint density at radius 3 is 3.08 bits per heavy atom. The fourth-order valence-electron chi connectivity index (χ4n) is 0.850. The van der Waals surface area contributed by atoms with Gasteiger partial charge in [-0.15, -0.1) is 0 Å². The van der Waals surface area contributed by atoms with Gasteiger partial charge in [0, 0.05) is 19.0 Å². The highest BCUT2D eigenvalue weighted by molar-refractivity contribution is 5.91. The number of rotatable bonds is 4. The van der Waals surface area contributed by atoms with Gasteiger partial charge in [0.25, 0.3) is 0 Å². The normalized spacial score (nSPS) is 9.23. The third kappa shape index (κ3) is 3.46. The molecule has 4 heteroatoms. The summed E-state index contributed by atoms with van der Waals surface area (Å²) in [6.45, 7) is 0. The summed E-state index contributed by atoms with van der Waals surface area (Å²) >= 11 is 0. The first kappa shape index (κ1) is 9.38. The summed E-state index contributed by atoms with van der Waals surface area (Å²) in [6.07, 6.45) is 4.38. The smallest absolute Gasteiger partial charge is 0.224 e. The SMILES string of the molecule is O=CCCC(=O)Nc1cccnc1. The molecule has 0 atom stereocenters. The second-order valence-electron chi connectivity index (χ2n) is 2.50. The van der Waals surface area contributed by atoms with Crippen molar-refractivity contribution in [2.45, 2.75) is 12.8 Å². The van der Waals surface area contributed by atoms with Gasteiger partial charge in [-0.2, -0.15) is 0 Å². The van der Waals surface area contributed by atoms with Gasteiger partial charge in [0.05, 0.1) is 11.9 Å². The van der Waals surface area contributed by atoms with Crippen molar-refractivity contribution in [1.82, 2.24) is 4.98 Å². The van der Waals surface area contributed by atoms with Gasteiger partial charge in [-0.1, -0.05) is 0 Å². The maximum atomic E-state index is 11.1. The number of carbonyl (C=O) groups excluding carboxylic acids is 2. The van der Waals surface area contributed by atoms with E-state index in [2.05, 4.69) is 10.3 Å². The first-order valence-corrected chi connectivity index (χ1v) is 3.96. The molecule has 1 N–H and O–H groups in total. The van der Waals surface area contributed by atoms with Gasteiger partial charge >= 0.3 is 0 Å². The van der Waals surface area contributed by atoms with E-state index in [0.29, 0.717) is 5.69 Å². The minimum absolute atomic E-state index is 0.167. The molecule has 68 valence electrons. The number of amides is 1. The second kappa shape index (κ2) is 5.03. The molecule has 4 nitrogen and oxygen atoms in total. The lowest BCUT2D eigenvalue weighted by molar-refractivity contribution is -0.118. The monoisotopic (exact) mass is 178 g/mol. The quantitative estimate of drug-likeness (QED) is 0.699. The van der Waals surface area contributed by atoms with Crippen molar-refractivity contribution >= 4 is 17.9 Å². The molecule has 0 saturated carbocycles. The molecule has 0 bridgehead atoms. The molecule has 0 aromatic carbocycles. The summed E-state index contributed by atoms with van der Waals surface area (Å²) < 4.78 is 0. The number of nitrogens with one attached hydrogen (secondary N) is 1. The van der Waals surface area contributed by atoms with E-state index in [9.17, 15) is 9.59 Å². The van der Waals surface area contributed by atoms with E-state index in [1.807, 2.05) is 0 Å². The fraction of sp³-hybridized carbons (Fsp3) is 0.222. The summed E-state index contributed by atoms with van der Waals surface area (Å²) in [5.41, 5.74) is 0.651. The Morgan fingerprint density at radius 1 is 1.62 bits per heavy atom. The van der Waals surface area contributed by atoms with Crippen LogP contribution in [0.25, 0.3) is 0 Å². The fourth-order valence-corrected chi connectivity index (χ4v) is 0.850. The van der Waals surface area contributed by atoms with Crippen molar-refractivity contribution < 1.29 is 9.59 Å². The maximum absolute atomic E-state index is 11.1. The van der Waals surface area contributed by atoms with Crippen molar-refractivity contribution in [3.63, 3.8) is 0 Å². The number of nitrogens with zero attached hydrogens (tertiary/aromatic N) is 1. The highest BCUT2D eigenvalue weighted by atomic mass is 16.1. The lowest BCUT2D eigenvalue weighted by Gasteiger charge is -2.01. The Morgan fingerprint density at radius 2 is 2.46 bits per heavy atom. The molecule has 0 aliphatic rings. The Labute approximate surface area is 76.0 Å². The zero-order chi connectivity index (χ0) is 9.52. The molecule has 1 aromatic heterocycles. The molecule has 13 heavy (non-hydrogen) atoms. The number of pyridine rings is 1. The van der Waals surface area contributed by atoms with Crippen LogP contribution in [0.2, 0.25) is 0 Å². The van der Waals surface area contributed by atoms with Crippen LogP contribution in [0.5, 0.6) is 0 Å². The zero-order valence-electron chi connectivity index (χ0n) is 7.06. The van der Waals surface area contributed by atoms with Crippen LogP contribution in [-0.2, 0) is 9.59 Å². The van der Waals surface area contributed by atoms with Gasteiger partial charge in [0.1, 0.15) is 6.29 Å². The first-order chi connectivity index (χ1) is 6.33. The molecule has 0 fully saturated rings. The van der Waals surface area contributed by atoms with E-state index in [-0.39, 0.29) is 18.7 Å². The maximum Gasteiger partial charge on any atom is 0.224 e. The molecular weight excluding hydrogens is 168 g/mol. The van der Waals surface area contributed by atoms with Crippen molar-refractivity contribution in [3.8, 4) is 0 Å². The van der Waals surface area contributed by atoms with E-state index < -0.39 is 0 Å². The standard InChI is InChI=1S/C9H10N2O2/c12-6-2-4-9(13)11-8-3-1-5-10-7-8/h1,3,5-7H,2,4H2,(H,11,13). The minimum Gasteiger partial charge on any atom is -0.325 e. The van der Waals surface area contributed by atoms with Gasteiger partial charge in [-0.3, -0.25) is 9.78 Å². The van der Waals surface area contributed by atoms with Gasteiger partial charge in [0.2, 0.25) is 5.91 Å². The predicted molar refractivity (Wildman–Crippen MR) is 48.2 cm³/mol. The molecule has 1 heterocycles. The topological polar surface area (TPSA) is 59.1 Å². The summed E-state index contributed by atoms with van der Waals surface area (Å²) in [5.74, 6) is -0.167. The third-order valence-electron chi connectivity index (χ3n) is 1.43. The second-order valence-corrected chi connectivity index (χ2v) is 2.50. The Kier molecular flexibility index (Phi) is 3.63. The van der Waals surface area contributed by atoms with Crippen molar-refractivity contribution in [1.29, 1.82) is 0 Å². The molecule has 0 aliphatic carbocycles. The molecule has 1 rings (SSSR count). The largest absolute Gasteiger partial charge is 0.325 e. The first-order valence-electron chi connectivity index (χ1n) is 3.96. The Hall–Kier alpha value is -1.71. The van der Waals surface area contributed by atoms with Crippen LogP contribution in [0.4, 0.5) is 5.69 Å². The van der Waals surface area contributed by atoms with E-state index >= 15 is 0 Å². The Balaban J connectivity index is 2.41. The molecule has 0 aliphatic heterocycles.